The third-order valence-electron chi connectivity index (χ3n) is 4.62. The van der Waals surface area contributed by atoms with Crippen LogP contribution in [0.2, 0.25) is 0 Å². The fraction of sp³-hybridized carbons (Fsp3) is 0.400. The van der Waals surface area contributed by atoms with E-state index in [1.165, 1.54) is 11.3 Å². The van der Waals surface area contributed by atoms with Gasteiger partial charge in [0.25, 0.3) is 5.91 Å². The zero-order chi connectivity index (χ0) is 17.9. The van der Waals surface area contributed by atoms with Crippen molar-refractivity contribution in [2.45, 2.75) is 44.2 Å². The van der Waals surface area contributed by atoms with Crippen LogP contribution in [0.1, 0.15) is 51.9 Å². The lowest BCUT2D eigenvalue weighted by Crippen LogP contribution is -2.26. The maximum atomic E-state index is 12.4. The lowest BCUT2D eigenvalue weighted by molar-refractivity contribution is -0.120. The first-order chi connectivity index (χ1) is 12.7. The molecule has 5 nitrogen and oxygen atoms in total. The van der Waals surface area contributed by atoms with E-state index in [4.69, 9.17) is 4.74 Å². The van der Waals surface area contributed by atoms with Crippen molar-refractivity contribution >= 4 is 28.8 Å². The number of hydrogen-bond acceptors (Lipinski definition) is 4. The van der Waals surface area contributed by atoms with Gasteiger partial charge < -0.3 is 15.4 Å². The Hall–Kier alpha value is -2.18. The number of benzene rings is 1. The molecule has 6 heteroatoms. The van der Waals surface area contributed by atoms with E-state index in [0.29, 0.717) is 17.3 Å². The molecule has 2 amide bonds. The van der Waals surface area contributed by atoms with Crippen LogP contribution in [0.5, 0.6) is 0 Å². The van der Waals surface area contributed by atoms with Crippen molar-refractivity contribution in [1.82, 2.24) is 5.32 Å². The molecular formula is C20H22N2O3S. The highest BCUT2D eigenvalue weighted by Gasteiger charge is 2.23. The van der Waals surface area contributed by atoms with Crippen LogP contribution in [0.15, 0.2) is 36.4 Å². The summed E-state index contributed by atoms with van der Waals surface area (Å²) in [6.45, 7) is 0.801. The molecule has 1 saturated heterocycles. The molecule has 26 heavy (non-hydrogen) atoms. The fourth-order valence-electron chi connectivity index (χ4n) is 3.04. The van der Waals surface area contributed by atoms with Gasteiger partial charge in [0.15, 0.2) is 0 Å². The van der Waals surface area contributed by atoms with E-state index in [2.05, 4.69) is 10.6 Å². The minimum Gasteiger partial charge on any atom is -0.373 e. The number of hydrogen-bond donors (Lipinski definition) is 2. The lowest BCUT2D eigenvalue weighted by Gasteiger charge is -2.07. The summed E-state index contributed by atoms with van der Waals surface area (Å²) in [6, 6.07) is 11.7. The number of rotatable bonds is 6. The predicted octanol–water partition coefficient (Wildman–Crippen LogP) is 3.67. The molecule has 4 rings (SSSR count). The molecule has 2 N–H and O–H groups in total. The third kappa shape index (κ3) is 4.31. The van der Waals surface area contributed by atoms with Gasteiger partial charge in [0, 0.05) is 23.2 Å². The number of anilines is 1. The summed E-state index contributed by atoms with van der Waals surface area (Å²) in [5.74, 6) is -0.0528. The first-order valence-corrected chi connectivity index (χ1v) is 9.90. The van der Waals surface area contributed by atoms with E-state index in [0.717, 1.165) is 48.4 Å². The van der Waals surface area contributed by atoms with Crippen LogP contribution in [0.3, 0.4) is 0 Å². The number of ether oxygens (including phenoxy) is 1. The molecule has 0 radical (unpaired) electrons. The van der Waals surface area contributed by atoms with Crippen molar-refractivity contribution < 1.29 is 14.3 Å². The first-order valence-electron chi connectivity index (χ1n) is 9.08. The first kappa shape index (κ1) is 17.2. The van der Waals surface area contributed by atoms with Gasteiger partial charge in [-0.2, -0.15) is 0 Å². The van der Waals surface area contributed by atoms with Crippen LogP contribution in [-0.4, -0.2) is 24.5 Å². The molecule has 1 atom stereocenters. The highest BCUT2D eigenvalue weighted by atomic mass is 32.1. The van der Waals surface area contributed by atoms with Crippen molar-refractivity contribution in [3.8, 4) is 0 Å². The van der Waals surface area contributed by atoms with E-state index in [1.807, 2.05) is 36.4 Å². The summed E-state index contributed by atoms with van der Waals surface area (Å²) in [5, 5.41) is 5.89. The van der Waals surface area contributed by atoms with Gasteiger partial charge in [-0.3, -0.25) is 9.59 Å². The molecule has 0 bridgehead atoms. The van der Waals surface area contributed by atoms with Crippen LogP contribution in [0.4, 0.5) is 5.69 Å². The Labute approximate surface area is 156 Å². The fourth-order valence-corrected chi connectivity index (χ4v) is 4.03. The molecule has 2 aromatic rings. The number of nitrogens with one attached hydrogen (secondary N) is 2. The maximum Gasteiger partial charge on any atom is 0.265 e. The minimum absolute atomic E-state index is 0.0598. The highest BCUT2D eigenvalue weighted by molar-refractivity contribution is 7.14. The average molecular weight is 370 g/mol. The number of carbonyl (C=O) groups is 2. The average Bonchev–Trinajstić information content (AvgIpc) is 3.12. The highest BCUT2D eigenvalue weighted by Crippen LogP contribution is 2.33. The summed E-state index contributed by atoms with van der Waals surface area (Å²) in [7, 11) is 0. The Balaban J connectivity index is 1.33. The van der Waals surface area contributed by atoms with E-state index in [9.17, 15) is 9.59 Å². The Kier molecular flexibility index (Phi) is 5.04. The smallest absolute Gasteiger partial charge is 0.265 e. The second-order valence-corrected chi connectivity index (χ2v) is 7.99. The van der Waals surface area contributed by atoms with Gasteiger partial charge in [0.2, 0.25) is 5.91 Å². The van der Waals surface area contributed by atoms with Crippen LogP contribution in [-0.2, 0) is 16.0 Å². The third-order valence-corrected chi connectivity index (χ3v) is 5.79. The maximum absolute atomic E-state index is 12.4. The zero-order valence-electron chi connectivity index (χ0n) is 14.5. The van der Waals surface area contributed by atoms with Crippen LogP contribution in [0.25, 0.3) is 0 Å². The zero-order valence-corrected chi connectivity index (χ0v) is 15.3. The van der Waals surface area contributed by atoms with Crippen LogP contribution in [0, 0.1) is 0 Å². The Morgan fingerprint density at radius 2 is 1.88 bits per heavy atom. The predicted molar refractivity (Wildman–Crippen MR) is 102 cm³/mol. The van der Waals surface area contributed by atoms with E-state index in [-0.39, 0.29) is 17.9 Å². The van der Waals surface area contributed by atoms with Crippen molar-refractivity contribution in [2.24, 2.45) is 0 Å². The molecular weight excluding hydrogens is 348 g/mol. The number of carbonyl (C=O) groups excluding carboxylic acids is 2. The lowest BCUT2D eigenvalue weighted by atomic mass is 10.1. The summed E-state index contributed by atoms with van der Waals surface area (Å²) >= 11 is 1.49. The Morgan fingerprint density at radius 3 is 2.58 bits per heavy atom. The summed E-state index contributed by atoms with van der Waals surface area (Å²) < 4.78 is 5.67. The van der Waals surface area contributed by atoms with Gasteiger partial charge in [-0.05, 0) is 55.5 Å². The molecule has 2 fully saturated rings. The van der Waals surface area contributed by atoms with Gasteiger partial charge in [0.1, 0.15) is 0 Å². The molecule has 2 heterocycles. The largest absolute Gasteiger partial charge is 0.373 e. The molecule has 1 aromatic heterocycles. The number of amides is 2. The second-order valence-electron chi connectivity index (χ2n) is 6.87. The van der Waals surface area contributed by atoms with Crippen molar-refractivity contribution in [1.29, 1.82) is 0 Å². The normalized spacial score (nSPS) is 19.3. The van der Waals surface area contributed by atoms with Crippen molar-refractivity contribution in [2.75, 3.05) is 11.9 Å². The van der Waals surface area contributed by atoms with Gasteiger partial charge in [-0.15, -0.1) is 11.3 Å². The molecule has 136 valence electrons. The second kappa shape index (κ2) is 7.60. The molecule has 1 aliphatic carbocycles. The van der Waals surface area contributed by atoms with Crippen LogP contribution < -0.4 is 10.6 Å². The van der Waals surface area contributed by atoms with Gasteiger partial charge >= 0.3 is 0 Å². The molecule has 1 aromatic carbocycles. The van der Waals surface area contributed by atoms with Gasteiger partial charge in [0.05, 0.1) is 17.4 Å². The summed E-state index contributed by atoms with van der Waals surface area (Å²) in [5.41, 5.74) is 1.67. The SMILES string of the molecule is O=C(Cc1ccc(NC(=O)c2ccc(C3CCCO3)s2)cc1)NC1CC1. The van der Waals surface area contributed by atoms with Crippen molar-refractivity contribution in [3.05, 3.63) is 51.7 Å². The van der Waals surface area contributed by atoms with E-state index in [1.54, 1.807) is 0 Å². The Morgan fingerprint density at radius 1 is 1.08 bits per heavy atom. The monoisotopic (exact) mass is 370 g/mol. The number of thiophene rings is 1. The summed E-state index contributed by atoms with van der Waals surface area (Å²) in [6.07, 6.45) is 4.80. The standard InChI is InChI=1S/C20H22N2O3S/c23-19(21-14-7-8-14)12-13-3-5-15(6-4-13)22-20(24)18-10-9-17(26-18)16-2-1-11-25-16/h3-6,9-10,14,16H,1-2,7-8,11-12H2,(H,21,23)(H,22,24). The summed E-state index contributed by atoms with van der Waals surface area (Å²) in [4.78, 5) is 26.1. The quantitative estimate of drug-likeness (QED) is 0.815. The molecule has 1 aliphatic heterocycles. The Bertz CT molecular complexity index is 790. The molecule has 2 aliphatic rings. The molecule has 1 saturated carbocycles. The van der Waals surface area contributed by atoms with Gasteiger partial charge in [-0.25, -0.2) is 0 Å². The minimum atomic E-state index is -0.113. The van der Waals surface area contributed by atoms with E-state index >= 15 is 0 Å². The van der Waals surface area contributed by atoms with Crippen LogP contribution >= 0.6 is 11.3 Å². The van der Waals surface area contributed by atoms with Gasteiger partial charge in [-0.1, -0.05) is 12.1 Å². The van der Waals surface area contributed by atoms with Crippen molar-refractivity contribution in [3.63, 3.8) is 0 Å². The molecule has 0 spiro atoms. The topological polar surface area (TPSA) is 67.4 Å². The molecule has 1 unspecified atom stereocenters. The van der Waals surface area contributed by atoms with E-state index < -0.39 is 0 Å².